The van der Waals surface area contributed by atoms with E-state index < -0.39 is 0 Å². The van der Waals surface area contributed by atoms with E-state index in [4.69, 9.17) is 0 Å². The van der Waals surface area contributed by atoms with E-state index in [0.29, 0.717) is 12.8 Å². The topological polar surface area (TPSA) is 20.3 Å². The molecule has 17 heavy (non-hydrogen) atoms. The van der Waals surface area contributed by atoms with Gasteiger partial charge in [0.25, 0.3) is 0 Å². The van der Waals surface area contributed by atoms with Crippen molar-refractivity contribution in [1.82, 2.24) is 4.90 Å². The molecule has 0 fully saturated rings. The van der Waals surface area contributed by atoms with Crippen molar-refractivity contribution in [1.29, 1.82) is 0 Å². The van der Waals surface area contributed by atoms with Gasteiger partial charge in [-0.05, 0) is 0 Å². The Hall–Kier alpha value is 0.0139. The fourth-order valence-corrected chi connectivity index (χ4v) is 2.34. The molecule has 0 N–H and O–H groups in total. The molecule has 1 aliphatic heterocycles. The van der Waals surface area contributed by atoms with Crippen molar-refractivity contribution in [3.8, 4) is 0 Å². The van der Waals surface area contributed by atoms with E-state index in [0.717, 1.165) is 21.3 Å². The van der Waals surface area contributed by atoms with Crippen molar-refractivity contribution in [2.75, 3.05) is 7.05 Å². The fraction of sp³-hybridized carbons (Fsp3) is 0.308. The van der Waals surface area contributed by atoms with E-state index in [1.165, 1.54) is 0 Å². The van der Waals surface area contributed by atoms with Crippen molar-refractivity contribution in [3.05, 3.63) is 39.9 Å². The Labute approximate surface area is 135 Å². The largest absolute Gasteiger partial charge is 0.350 e. The first-order chi connectivity index (χ1) is 7.59. The minimum atomic E-state index is 0. The monoisotopic (exact) mass is 367 g/mol. The summed E-state index contributed by atoms with van der Waals surface area (Å²) in [5.41, 5.74) is 3.14. The zero-order chi connectivity index (χ0) is 11.7. The van der Waals surface area contributed by atoms with E-state index in [1.54, 1.807) is 4.90 Å². The summed E-state index contributed by atoms with van der Waals surface area (Å²) < 4.78 is 1.05. The van der Waals surface area contributed by atoms with Crippen LogP contribution in [-0.4, -0.2) is 17.9 Å². The number of amides is 1. The van der Waals surface area contributed by atoms with Gasteiger partial charge in [0, 0.05) is 50.7 Å². The number of hydrogen-bond acceptors (Lipinski definition) is 1. The van der Waals surface area contributed by atoms with Crippen LogP contribution in [0.4, 0.5) is 0 Å². The van der Waals surface area contributed by atoms with Crippen LogP contribution in [0.2, 0.25) is 0 Å². The van der Waals surface area contributed by atoms with Crippen molar-refractivity contribution < 1.29 is 37.5 Å². The summed E-state index contributed by atoms with van der Waals surface area (Å²) in [5.74, 6) is 0.163. The number of carbonyl (C=O) groups excluding carboxylic acids is 1. The van der Waals surface area contributed by atoms with Crippen LogP contribution in [0.1, 0.15) is 24.0 Å². The maximum Gasteiger partial charge on any atom is 0.222 e. The van der Waals surface area contributed by atoms with Crippen molar-refractivity contribution in [2.45, 2.75) is 19.8 Å². The smallest absolute Gasteiger partial charge is 0.222 e. The third-order valence-electron chi connectivity index (χ3n) is 2.78. The molecule has 1 aromatic rings. The summed E-state index contributed by atoms with van der Waals surface area (Å²) in [6.45, 7) is 2.04. The first-order valence-electron chi connectivity index (χ1n) is 5.23. The quantitative estimate of drug-likeness (QED) is 0.698. The molecule has 0 bridgehead atoms. The van der Waals surface area contributed by atoms with Gasteiger partial charge in [-0.1, -0.05) is 35.0 Å². The van der Waals surface area contributed by atoms with Gasteiger partial charge in [0.15, 0.2) is 0 Å². The van der Waals surface area contributed by atoms with Crippen LogP contribution in [0.3, 0.4) is 0 Å². The van der Waals surface area contributed by atoms with Gasteiger partial charge in [-0.3, -0.25) is 4.79 Å². The molecule has 0 atom stereocenters. The molecule has 4 heteroatoms. The standard InChI is InChI=1S/C13H13BrNO.Y/c1-9-8-10(14)6-7-11(9)12-4-3-5-13(16)15(12)2;/h6-8H,3,5H2,1-2H3;/q-1;. The molecule has 1 aliphatic rings. The van der Waals surface area contributed by atoms with E-state index in [9.17, 15) is 4.79 Å². The second-order valence-corrected chi connectivity index (χ2v) is 4.85. The Morgan fingerprint density at radius 1 is 1.41 bits per heavy atom. The molecule has 2 nitrogen and oxygen atoms in total. The molecule has 0 aromatic heterocycles. The molecule has 1 amide bonds. The number of carbonyl (C=O) groups is 1. The predicted molar refractivity (Wildman–Crippen MR) is 67.5 cm³/mol. The SMILES string of the molecule is Cc1cc(Br)ccc1C1=[C-]CCC(=O)N1C.[Y]. The van der Waals surface area contributed by atoms with Crippen LogP contribution in [0.25, 0.3) is 5.70 Å². The van der Waals surface area contributed by atoms with Crippen LogP contribution < -0.4 is 0 Å². The molecule has 2 rings (SSSR count). The molecule has 1 heterocycles. The number of aryl methyl sites for hydroxylation is 1. The molecule has 0 saturated carbocycles. The van der Waals surface area contributed by atoms with Gasteiger partial charge in [0.1, 0.15) is 0 Å². The average Bonchev–Trinajstić information content (AvgIpc) is 2.23. The summed E-state index contributed by atoms with van der Waals surface area (Å²) in [6.07, 6.45) is 4.56. The van der Waals surface area contributed by atoms with E-state index in [2.05, 4.69) is 28.1 Å². The molecule has 1 radical (unpaired) electrons. The molecule has 0 aliphatic carbocycles. The van der Waals surface area contributed by atoms with Gasteiger partial charge in [-0.2, -0.15) is 0 Å². The van der Waals surface area contributed by atoms with Gasteiger partial charge >= 0.3 is 0 Å². The Bertz CT molecular complexity index is 470. The molecule has 0 saturated heterocycles. The maximum absolute atomic E-state index is 11.6. The van der Waals surface area contributed by atoms with E-state index >= 15 is 0 Å². The van der Waals surface area contributed by atoms with Crippen LogP contribution in [-0.2, 0) is 37.5 Å². The summed E-state index contributed by atoms with van der Waals surface area (Å²) >= 11 is 3.44. The normalized spacial score (nSPS) is 15.4. The Kier molecular flexibility index (Phi) is 5.55. The minimum Gasteiger partial charge on any atom is -0.350 e. The fourth-order valence-electron chi connectivity index (χ4n) is 1.87. The van der Waals surface area contributed by atoms with Gasteiger partial charge in [0.05, 0.1) is 0 Å². The van der Waals surface area contributed by atoms with Crippen molar-refractivity contribution in [3.63, 3.8) is 0 Å². The summed E-state index contributed by atoms with van der Waals surface area (Å²) in [6, 6.07) is 6.07. The summed E-state index contributed by atoms with van der Waals surface area (Å²) in [7, 11) is 1.81. The number of nitrogens with zero attached hydrogens (tertiary/aromatic N) is 1. The van der Waals surface area contributed by atoms with E-state index in [1.807, 2.05) is 26.1 Å². The number of rotatable bonds is 1. The molecular formula is C13H13BrNOY-. The predicted octanol–water partition coefficient (Wildman–Crippen LogP) is 3.15. The third kappa shape index (κ3) is 3.27. The maximum atomic E-state index is 11.6. The first kappa shape index (κ1) is 15.1. The summed E-state index contributed by atoms with van der Waals surface area (Å²) in [5, 5.41) is 0. The molecule has 0 unspecified atom stereocenters. The third-order valence-corrected chi connectivity index (χ3v) is 3.28. The second kappa shape index (κ2) is 6.26. The van der Waals surface area contributed by atoms with Crippen LogP contribution in [0, 0.1) is 13.0 Å². The van der Waals surface area contributed by atoms with Gasteiger partial charge in [-0.15, -0.1) is 29.3 Å². The zero-order valence-electron chi connectivity index (χ0n) is 9.96. The second-order valence-electron chi connectivity index (χ2n) is 3.94. The average molecular weight is 368 g/mol. The van der Waals surface area contributed by atoms with Crippen LogP contribution >= 0.6 is 15.9 Å². The van der Waals surface area contributed by atoms with Gasteiger partial charge in [0.2, 0.25) is 5.91 Å². The van der Waals surface area contributed by atoms with Crippen molar-refractivity contribution >= 4 is 27.5 Å². The molecular weight excluding hydrogens is 355 g/mol. The zero-order valence-corrected chi connectivity index (χ0v) is 14.4. The number of hydrogen-bond donors (Lipinski definition) is 0. The Morgan fingerprint density at radius 2 is 2.12 bits per heavy atom. The molecule has 0 spiro atoms. The van der Waals surface area contributed by atoms with Gasteiger partial charge < -0.3 is 4.90 Å². The number of benzene rings is 1. The Morgan fingerprint density at radius 3 is 2.76 bits per heavy atom. The Balaban J connectivity index is 0.00000144. The first-order valence-corrected chi connectivity index (χ1v) is 6.03. The van der Waals surface area contributed by atoms with Crippen molar-refractivity contribution in [2.24, 2.45) is 0 Å². The molecule has 87 valence electrons. The van der Waals surface area contributed by atoms with E-state index in [-0.39, 0.29) is 38.6 Å². The van der Waals surface area contributed by atoms with Crippen LogP contribution in [0.5, 0.6) is 0 Å². The van der Waals surface area contributed by atoms with Gasteiger partial charge in [-0.25, -0.2) is 6.08 Å². The summed E-state index contributed by atoms with van der Waals surface area (Å²) in [4.78, 5) is 13.3. The number of halogens is 1. The minimum absolute atomic E-state index is 0. The number of allylic oxidation sites excluding steroid dienone is 1. The van der Waals surface area contributed by atoms with Crippen LogP contribution in [0.15, 0.2) is 22.7 Å². The molecule has 1 aromatic carbocycles.